The van der Waals surface area contributed by atoms with E-state index in [-0.39, 0.29) is 19.0 Å². The van der Waals surface area contributed by atoms with Gasteiger partial charge in [0.2, 0.25) is 5.88 Å². The normalized spacial score (nSPS) is 13.2. The van der Waals surface area contributed by atoms with Gasteiger partial charge >= 0.3 is 6.36 Å². The van der Waals surface area contributed by atoms with Crippen LogP contribution in [0.1, 0.15) is 0 Å². The van der Waals surface area contributed by atoms with Crippen LogP contribution in [-0.4, -0.2) is 47.8 Å². The molecule has 1 heterocycles. The Morgan fingerprint density at radius 1 is 1.39 bits per heavy atom. The minimum Gasteiger partial charge on any atom is -0.394 e. The molecule has 0 aliphatic carbocycles. The van der Waals surface area contributed by atoms with Crippen LogP contribution in [0, 0.1) is 0 Å². The van der Waals surface area contributed by atoms with E-state index in [1.54, 1.807) is 0 Å². The first-order valence-corrected chi connectivity index (χ1v) is 4.88. The number of methoxy groups -OCH3 is 1. The van der Waals surface area contributed by atoms with Gasteiger partial charge in [-0.2, -0.15) is 0 Å². The first-order chi connectivity index (χ1) is 8.44. The van der Waals surface area contributed by atoms with Gasteiger partial charge in [0.05, 0.1) is 31.6 Å². The number of alkyl halides is 3. The van der Waals surface area contributed by atoms with Crippen molar-refractivity contribution in [1.29, 1.82) is 0 Å². The Kier molecular flexibility index (Phi) is 5.10. The average molecular weight is 267 g/mol. The van der Waals surface area contributed by atoms with E-state index in [1.807, 2.05) is 0 Å². The first kappa shape index (κ1) is 14.5. The molecule has 1 aromatic heterocycles. The highest BCUT2D eigenvalue weighted by atomic mass is 19.4. The van der Waals surface area contributed by atoms with E-state index >= 15 is 0 Å². The minimum absolute atomic E-state index is 0.209. The molecule has 0 fully saturated rings. The summed E-state index contributed by atoms with van der Waals surface area (Å²) in [6.07, 6.45) is -2.90. The minimum atomic E-state index is -4.80. The van der Waals surface area contributed by atoms with E-state index in [4.69, 9.17) is 9.84 Å². The number of anilines is 1. The lowest BCUT2D eigenvalue weighted by molar-refractivity contribution is -0.276. The van der Waals surface area contributed by atoms with Gasteiger partial charge in [-0.15, -0.1) is 13.2 Å². The Balaban J connectivity index is 2.59. The molecule has 6 nitrogen and oxygen atoms in total. The SMILES string of the molecule is COCC(CO)Nc1cnc(OC(F)(F)F)cn1. The Morgan fingerprint density at radius 3 is 2.56 bits per heavy atom. The number of hydrogen-bond donors (Lipinski definition) is 2. The lowest BCUT2D eigenvalue weighted by Crippen LogP contribution is -2.29. The molecular formula is C9H12F3N3O3. The summed E-state index contributed by atoms with van der Waals surface area (Å²) in [4.78, 5) is 7.09. The third-order valence-corrected chi connectivity index (χ3v) is 1.79. The predicted octanol–water partition coefficient (Wildman–Crippen LogP) is 0.794. The summed E-state index contributed by atoms with van der Waals surface area (Å²) < 4.78 is 43.9. The van der Waals surface area contributed by atoms with Crippen LogP contribution in [0.2, 0.25) is 0 Å². The Morgan fingerprint density at radius 2 is 2.11 bits per heavy atom. The molecule has 0 aromatic carbocycles. The highest BCUT2D eigenvalue weighted by Crippen LogP contribution is 2.20. The van der Waals surface area contributed by atoms with E-state index in [0.717, 1.165) is 12.4 Å². The molecule has 0 amide bonds. The van der Waals surface area contributed by atoms with Crippen molar-refractivity contribution in [2.45, 2.75) is 12.4 Å². The molecule has 1 atom stereocenters. The summed E-state index contributed by atoms with van der Waals surface area (Å²) in [5, 5.41) is 11.7. The zero-order valence-corrected chi connectivity index (χ0v) is 9.44. The average Bonchev–Trinajstić information content (AvgIpc) is 2.29. The highest BCUT2D eigenvalue weighted by molar-refractivity contribution is 5.33. The zero-order valence-electron chi connectivity index (χ0n) is 9.44. The fraction of sp³-hybridized carbons (Fsp3) is 0.556. The summed E-state index contributed by atoms with van der Waals surface area (Å²) >= 11 is 0. The van der Waals surface area contributed by atoms with Crippen molar-refractivity contribution in [3.8, 4) is 5.88 Å². The zero-order chi connectivity index (χ0) is 13.6. The maximum atomic E-state index is 11.9. The molecule has 0 saturated heterocycles. The summed E-state index contributed by atoms with van der Waals surface area (Å²) in [6, 6.07) is -0.418. The van der Waals surface area contributed by atoms with Gasteiger partial charge in [-0.3, -0.25) is 0 Å². The number of hydrogen-bond acceptors (Lipinski definition) is 6. The maximum Gasteiger partial charge on any atom is 0.574 e. The highest BCUT2D eigenvalue weighted by Gasteiger charge is 2.31. The van der Waals surface area contributed by atoms with Gasteiger partial charge < -0.3 is 19.9 Å². The summed E-state index contributed by atoms with van der Waals surface area (Å²) in [5.74, 6) is -0.444. The standard InChI is InChI=1S/C9H12F3N3O3/c1-17-5-6(4-16)15-7-2-14-8(3-13-7)18-9(10,11)12/h2-3,6,16H,4-5H2,1H3,(H,13,15). The second-order valence-corrected chi connectivity index (χ2v) is 3.27. The number of nitrogens with one attached hydrogen (secondary N) is 1. The van der Waals surface area contributed by atoms with Crippen LogP contribution in [0.4, 0.5) is 19.0 Å². The van der Waals surface area contributed by atoms with Crippen molar-refractivity contribution in [3.05, 3.63) is 12.4 Å². The van der Waals surface area contributed by atoms with Crippen molar-refractivity contribution in [2.24, 2.45) is 0 Å². The van der Waals surface area contributed by atoms with Crippen LogP contribution in [0.15, 0.2) is 12.4 Å². The largest absolute Gasteiger partial charge is 0.574 e. The Labute approximate surface area is 101 Å². The van der Waals surface area contributed by atoms with Gasteiger partial charge in [0.1, 0.15) is 5.82 Å². The number of rotatable bonds is 6. The van der Waals surface area contributed by atoms with Crippen LogP contribution >= 0.6 is 0 Å². The third-order valence-electron chi connectivity index (χ3n) is 1.79. The quantitative estimate of drug-likeness (QED) is 0.793. The number of aromatic nitrogens is 2. The fourth-order valence-electron chi connectivity index (χ4n) is 1.11. The summed E-state index contributed by atoms with van der Waals surface area (Å²) in [6.45, 7) is 0.00923. The van der Waals surface area contributed by atoms with Gasteiger partial charge in [-0.1, -0.05) is 0 Å². The lowest BCUT2D eigenvalue weighted by atomic mass is 10.3. The van der Waals surface area contributed by atoms with Crippen LogP contribution in [-0.2, 0) is 4.74 Å². The maximum absolute atomic E-state index is 11.9. The number of aliphatic hydroxyl groups excluding tert-OH is 1. The van der Waals surface area contributed by atoms with Crippen LogP contribution in [0.5, 0.6) is 5.88 Å². The van der Waals surface area contributed by atoms with E-state index < -0.39 is 18.3 Å². The topological polar surface area (TPSA) is 76.5 Å². The molecule has 9 heteroatoms. The predicted molar refractivity (Wildman–Crippen MR) is 55.1 cm³/mol. The molecule has 0 spiro atoms. The number of aliphatic hydroxyl groups is 1. The molecule has 0 radical (unpaired) electrons. The van der Waals surface area contributed by atoms with Crippen molar-refractivity contribution in [2.75, 3.05) is 25.6 Å². The molecule has 18 heavy (non-hydrogen) atoms. The second-order valence-electron chi connectivity index (χ2n) is 3.27. The molecule has 0 aliphatic heterocycles. The van der Waals surface area contributed by atoms with Gasteiger partial charge in [0.25, 0.3) is 0 Å². The second kappa shape index (κ2) is 6.36. The van der Waals surface area contributed by atoms with E-state index in [9.17, 15) is 13.2 Å². The van der Waals surface area contributed by atoms with Crippen LogP contribution in [0.25, 0.3) is 0 Å². The number of halogens is 3. The fourth-order valence-corrected chi connectivity index (χ4v) is 1.11. The molecule has 0 aliphatic rings. The smallest absolute Gasteiger partial charge is 0.394 e. The van der Waals surface area contributed by atoms with Gasteiger partial charge in [0.15, 0.2) is 0 Å². The third kappa shape index (κ3) is 5.15. The summed E-state index contributed by atoms with van der Waals surface area (Å²) in [5.41, 5.74) is 0. The van der Waals surface area contributed by atoms with E-state index in [2.05, 4.69) is 20.0 Å². The van der Waals surface area contributed by atoms with Crippen molar-refractivity contribution in [3.63, 3.8) is 0 Å². The van der Waals surface area contributed by atoms with Crippen LogP contribution < -0.4 is 10.1 Å². The van der Waals surface area contributed by atoms with E-state index in [0.29, 0.717) is 0 Å². The molecule has 102 valence electrons. The molecule has 1 aromatic rings. The molecule has 1 unspecified atom stereocenters. The van der Waals surface area contributed by atoms with E-state index in [1.165, 1.54) is 7.11 Å². The molecule has 2 N–H and O–H groups in total. The van der Waals surface area contributed by atoms with Crippen molar-refractivity contribution in [1.82, 2.24) is 9.97 Å². The molecule has 0 bridgehead atoms. The monoisotopic (exact) mass is 267 g/mol. The van der Waals surface area contributed by atoms with Gasteiger partial charge in [-0.05, 0) is 0 Å². The first-order valence-electron chi connectivity index (χ1n) is 4.88. The number of nitrogens with zero attached hydrogens (tertiary/aromatic N) is 2. The van der Waals surface area contributed by atoms with Crippen molar-refractivity contribution >= 4 is 5.82 Å². The summed E-state index contributed by atoms with van der Waals surface area (Å²) in [7, 11) is 1.45. The molecule has 0 saturated carbocycles. The van der Waals surface area contributed by atoms with Crippen LogP contribution in [0.3, 0.4) is 0 Å². The lowest BCUT2D eigenvalue weighted by Gasteiger charge is -2.15. The Hall–Kier alpha value is -1.61. The molecule has 1 rings (SSSR count). The Bertz CT molecular complexity index is 358. The van der Waals surface area contributed by atoms with Gasteiger partial charge in [-0.25, -0.2) is 9.97 Å². The molecular weight excluding hydrogens is 255 g/mol. The van der Waals surface area contributed by atoms with Crippen molar-refractivity contribution < 1.29 is 27.8 Å². The number of ether oxygens (including phenoxy) is 2. The van der Waals surface area contributed by atoms with Gasteiger partial charge in [0, 0.05) is 7.11 Å².